The number of hydrogen-bond acceptors (Lipinski definition) is 5. The van der Waals surface area contributed by atoms with E-state index in [1.807, 2.05) is 17.9 Å². The van der Waals surface area contributed by atoms with Gasteiger partial charge in [-0.3, -0.25) is 0 Å². The van der Waals surface area contributed by atoms with Crippen LogP contribution in [0.15, 0.2) is 10.5 Å². The zero-order valence-electron chi connectivity index (χ0n) is 18.7. The highest BCUT2D eigenvalue weighted by molar-refractivity contribution is 9.10. The van der Waals surface area contributed by atoms with E-state index in [0.29, 0.717) is 18.9 Å². The molecule has 1 saturated heterocycles. The number of rotatable bonds is 5. The lowest BCUT2D eigenvalue weighted by Gasteiger charge is -2.56. The summed E-state index contributed by atoms with van der Waals surface area (Å²) < 4.78 is 17.5. The van der Waals surface area contributed by atoms with Crippen LogP contribution < -0.4 is 4.74 Å². The zero-order valence-corrected chi connectivity index (χ0v) is 20.3. The van der Waals surface area contributed by atoms with Gasteiger partial charge in [0.25, 0.3) is 0 Å². The van der Waals surface area contributed by atoms with Crippen LogP contribution in [0.4, 0.5) is 4.79 Å². The van der Waals surface area contributed by atoms with Crippen LogP contribution in [0.1, 0.15) is 57.6 Å². The molecule has 2 fully saturated rings. The number of amides is 1. The molecule has 3 rings (SSSR count). The molecule has 0 bridgehead atoms. The van der Waals surface area contributed by atoms with Crippen molar-refractivity contribution in [2.45, 2.75) is 70.4 Å². The summed E-state index contributed by atoms with van der Waals surface area (Å²) in [4.78, 5) is 14.5. The van der Waals surface area contributed by atoms with Gasteiger partial charge >= 0.3 is 6.09 Å². The number of carbonyl (C=O) groups excluding carboxylic acids is 1. The Morgan fingerprint density at radius 2 is 2.07 bits per heavy atom. The predicted octanol–water partition coefficient (Wildman–Crippen LogP) is 5.03. The van der Waals surface area contributed by atoms with Gasteiger partial charge in [0.1, 0.15) is 0 Å². The number of methoxy groups -OCH3 is 2. The molecule has 6 nitrogen and oxygen atoms in total. The molecular weight excluding hydrogens is 450 g/mol. The molecule has 4 atom stereocenters. The normalized spacial score (nSPS) is 28.7. The minimum absolute atomic E-state index is 0.0233. The van der Waals surface area contributed by atoms with Gasteiger partial charge in [0.05, 0.1) is 19.8 Å². The number of phenolic OH excluding ortho intramolecular Hbond substituents is 1. The van der Waals surface area contributed by atoms with Gasteiger partial charge in [0.2, 0.25) is 0 Å². The molecule has 1 heterocycles. The first-order valence-electron chi connectivity index (χ1n) is 10.9. The Balaban J connectivity index is 2.15. The number of aromatic hydroxyl groups is 1. The number of piperidine rings is 1. The second-order valence-electron chi connectivity index (χ2n) is 8.39. The Bertz CT molecular complexity index is 785. The fraction of sp³-hybridized carbons (Fsp3) is 0.696. The fourth-order valence-corrected chi connectivity index (χ4v) is 6.43. The monoisotopic (exact) mass is 483 g/mol. The number of fused-ring (bicyclic) bond motifs is 1. The molecule has 30 heavy (non-hydrogen) atoms. The summed E-state index contributed by atoms with van der Waals surface area (Å²) >= 11 is 3.71. The van der Waals surface area contributed by atoms with Gasteiger partial charge in [-0.2, -0.15) is 0 Å². The summed E-state index contributed by atoms with van der Waals surface area (Å²) in [5.41, 5.74) is 1.85. The van der Waals surface area contributed by atoms with Crippen LogP contribution in [0, 0.1) is 5.92 Å². The number of nitrogens with zero attached hydrogens (tertiary/aromatic N) is 1. The number of carbonyl (C=O) groups is 1. The number of ether oxygens (including phenoxy) is 3. The molecular formula is C23H34BrNO5. The summed E-state index contributed by atoms with van der Waals surface area (Å²) in [6.45, 7) is 7.01. The van der Waals surface area contributed by atoms with Crippen molar-refractivity contribution in [3.05, 3.63) is 21.7 Å². The van der Waals surface area contributed by atoms with E-state index in [1.165, 1.54) is 0 Å². The highest BCUT2D eigenvalue weighted by atomic mass is 79.9. The van der Waals surface area contributed by atoms with Crippen molar-refractivity contribution in [3.8, 4) is 11.5 Å². The van der Waals surface area contributed by atoms with Gasteiger partial charge in [-0.1, -0.05) is 22.9 Å². The Morgan fingerprint density at radius 3 is 2.67 bits per heavy atom. The molecule has 1 amide bonds. The SMILES string of the molecule is CCOC(=O)N1CCC2(c3c(O)c(OC)cc(Br)c3CC)CCC(OC)CC2C1C. The van der Waals surface area contributed by atoms with Crippen LogP contribution in [0.2, 0.25) is 0 Å². The maximum Gasteiger partial charge on any atom is 0.409 e. The van der Waals surface area contributed by atoms with E-state index in [4.69, 9.17) is 14.2 Å². The Morgan fingerprint density at radius 1 is 1.33 bits per heavy atom. The lowest BCUT2D eigenvalue weighted by atomic mass is 9.55. The van der Waals surface area contributed by atoms with Crippen molar-refractivity contribution in [1.29, 1.82) is 0 Å². The Labute approximate surface area is 188 Å². The molecule has 168 valence electrons. The van der Waals surface area contributed by atoms with Crippen molar-refractivity contribution in [3.63, 3.8) is 0 Å². The summed E-state index contributed by atoms with van der Waals surface area (Å²) in [5.74, 6) is 0.858. The number of likely N-dealkylation sites (tertiary alicyclic amines) is 1. The van der Waals surface area contributed by atoms with Crippen molar-refractivity contribution in [2.24, 2.45) is 5.92 Å². The van der Waals surface area contributed by atoms with Gasteiger partial charge in [0, 0.05) is 35.1 Å². The molecule has 1 N–H and O–H groups in total. The standard InChI is InChI=1S/C23H34BrNO5/c1-6-16-18(24)13-19(29-5)21(26)20(16)23-9-8-15(28-4)12-17(23)14(3)25(11-10-23)22(27)30-7-2/h13-15,17,26H,6-12H2,1-5H3. The highest BCUT2D eigenvalue weighted by Crippen LogP contribution is 2.57. The van der Waals surface area contributed by atoms with Gasteiger partial charge < -0.3 is 24.2 Å². The van der Waals surface area contributed by atoms with E-state index < -0.39 is 0 Å². The quantitative estimate of drug-likeness (QED) is 0.635. The van der Waals surface area contributed by atoms with Gasteiger partial charge in [0.15, 0.2) is 11.5 Å². The molecule has 1 saturated carbocycles. The second kappa shape index (κ2) is 9.35. The minimum Gasteiger partial charge on any atom is -0.504 e. The van der Waals surface area contributed by atoms with Crippen molar-refractivity contribution in [2.75, 3.05) is 27.4 Å². The molecule has 4 unspecified atom stereocenters. The summed E-state index contributed by atoms with van der Waals surface area (Å²) in [5, 5.41) is 11.3. The van der Waals surface area contributed by atoms with Crippen LogP contribution >= 0.6 is 15.9 Å². The number of phenols is 1. The van der Waals surface area contributed by atoms with E-state index in [9.17, 15) is 9.90 Å². The summed E-state index contributed by atoms with van der Waals surface area (Å²) in [6.07, 6.45) is 4.13. The second-order valence-corrected chi connectivity index (χ2v) is 9.25. The average molecular weight is 484 g/mol. The molecule has 0 radical (unpaired) electrons. The Kier molecular flexibility index (Phi) is 7.23. The molecule has 0 spiro atoms. The average Bonchev–Trinajstić information content (AvgIpc) is 2.74. The third-order valence-electron chi connectivity index (χ3n) is 7.24. The van der Waals surface area contributed by atoms with Gasteiger partial charge in [-0.05, 0) is 63.5 Å². The van der Waals surface area contributed by atoms with E-state index in [0.717, 1.165) is 47.7 Å². The third-order valence-corrected chi connectivity index (χ3v) is 7.94. The number of halogens is 1. The van der Waals surface area contributed by atoms with Crippen LogP contribution in [0.25, 0.3) is 0 Å². The van der Waals surface area contributed by atoms with Crippen molar-refractivity contribution in [1.82, 2.24) is 4.90 Å². The lowest BCUT2D eigenvalue weighted by Crippen LogP contribution is -2.59. The smallest absolute Gasteiger partial charge is 0.409 e. The fourth-order valence-electron chi connectivity index (χ4n) is 5.75. The topological polar surface area (TPSA) is 68.2 Å². The number of hydrogen-bond donors (Lipinski definition) is 1. The van der Waals surface area contributed by atoms with E-state index in [1.54, 1.807) is 14.2 Å². The predicted molar refractivity (Wildman–Crippen MR) is 119 cm³/mol. The highest BCUT2D eigenvalue weighted by Gasteiger charge is 2.54. The van der Waals surface area contributed by atoms with E-state index in [2.05, 4.69) is 29.8 Å². The maximum absolute atomic E-state index is 12.6. The first kappa shape index (κ1) is 23.2. The minimum atomic E-state index is -0.259. The van der Waals surface area contributed by atoms with Gasteiger partial charge in [-0.15, -0.1) is 0 Å². The summed E-state index contributed by atoms with van der Waals surface area (Å²) in [6, 6.07) is 1.83. The molecule has 1 aromatic rings. The van der Waals surface area contributed by atoms with E-state index in [-0.39, 0.29) is 35.3 Å². The molecule has 1 aromatic carbocycles. The van der Waals surface area contributed by atoms with Crippen molar-refractivity contribution < 1.29 is 24.1 Å². The third kappa shape index (κ3) is 3.79. The largest absolute Gasteiger partial charge is 0.504 e. The summed E-state index contributed by atoms with van der Waals surface area (Å²) in [7, 11) is 3.34. The van der Waals surface area contributed by atoms with Crippen LogP contribution in [0.5, 0.6) is 11.5 Å². The number of benzene rings is 1. The molecule has 7 heteroatoms. The molecule has 0 aromatic heterocycles. The van der Waals surface area contributed by atoms with Gasteiger partial charge in [-0.25, -0.2) is 4.79 Å². The molecule has 2 aliphatic rings. The zero-order chi connectivity index (χ0) is 22.1. The molecule has 1 aliphatic carbocycles. The van der Waals surface area contributed by atoms with Crippen molar-refractivity contribution >= 4 is 22.0 Å². The van der Waals surface area contributed by atoms with Crippen LogP contribution in [-0.4, -0.2) is 55.6 Å². The maximum atomic E-state index is 12.6. The van der Waals surface area contributed by atoms with E-state index >= 15 is 0 Å². The first-order valence-corrected chi connectivity index (χ1v) is 11.7. The molecule has 1 aliphatic heterocycles. The Hall–Kier alpha value is -1.47. The lowest BCUT2D eigenvalue weighted by molar-refractivity contribution is -0.0455. The van der Waals surface area contributed by atoms with Crippen LogP contribution in [-0.2, 0) is 21.3 Å². The van der Waals surface area contributed by atoms with Crippen LogP contribution in [0.3, 0.4) is 0 Å². The first-order chi connectivity index (χ1) is 14.3.